The average Bonchev–Trinajstić information content (AvgIpc) is 3.95. The summed E-state index contributed by atoms with van der Waals surface area (Å²) in [4.78, 5) is 22.7. The molecule has 0 saturated heterocycles. The fourth-order valence-electron chi connectivity index (χ4n) is 4.71. The highest BCUT2D eigenvalue weighted by atomic mass is 35.5. The van der Waals surface area contributed by atoms with E-state index in [9.17, 15) is 44.7 Å². The first kappa shape index (κ1) is 46.8. The summed E-state index contributed by atoms with van der Waals surface area (Å²) in [5.41, 5.74) is 3.01. The van der Waals surface area contributed by atoms with Crippen molar-refractivity contribution in [2.45, 2.75) is 19.8 Å². The van der Waals surface area contributed by atoms with Crippen LogP contribution in [-0.2, 0) is 26.4 Å². The van der Waals surface area contributed by atoms with E-state index in [2.05, 4.69) is 41.2 Å². The van der Waals surface area contributed by atoms with Crippen LogP contribution in [0.25, 0.3) is 22.5 Å². The quantitative estimate of drug-likeness (QED) is 0.0611. The number of nitrogens with one attached hydrogen (secondary N) is 4. The molecular weight excluding hydrogens is 846 g/mol. The van der Waals surface area contributed by atoms with Gasteiger partial charge in [0, 0.05) is 61.9 Å². The molecule has 15 nitrogen and oxygen atoms in total. The second-order valence-corrected chi connectivity index (χ2v) is 12.1. The standard InChI is InChI=1S/C17H14F4N6O2S.C10H10FN3O.C6H4ClF3N2O.CH4/c1-27-7-10(14(26-27)17(19,20)21)15(28)23-16(30)22-13-6-12(24-25-13)9-4-3-8(29-2)5-11(9)18;1-15-6-2-3-7(8(11)4-6)9-5-10(12)14-13-9;1-12-2-3(5(7)13)4(11-12)6(8,9)10;/h3-7H,1-2H3,(H3,22,23,24,25,28,30);2-5H,1H3,(H3,12,13,14);2H,1H3;1H4. The summed E-state index contributed by atoms with van der Waals surface area (Å²) >= 11 is 9.88. The Balaban J connectivity index is 0.000000267. The molecule has 59 heavy (non-hydrogen) atoms. The molecule has 0 aliphatic carbocycles. The van der Waals surface area contributed by atoms with E-state index < -0.39 is 51.8 Å². The average molecular weight is 878 g/mol. The first-order chi connectivity index (χ1) is 27.1. The van der Waals surface area contributed by atoms with Gasteiger partial charge in [-0.05, 0) is 48.1 Å². The molecule has 0 fully saturated rings. The van der Waals surface area contributed by atoms with Crippen molar-refractivity contribution in [1.82, 2.24) is 45.3 Å². The lowest BCUT2D eigenvalue weighted by atomic mass is 10.1. The molecule has 0 aliphatic heterocycles. The molecule has 4 heterocycles. The van der Waals surface area contributed by atoms with Crippen LogP contribution >= 0.6 is 23.8 Å². The lowest BCUT2D eigenvalue weighted by Gasteiger charge is -2.08. The summed E-state index contributed by atoms with van der Waals surface area (Å²) in [7, 11) is 5.43. The topological polar surface area (TPSA) is 196 Å². The lowest BCUT2D eigenvalue weighted by Crippen LogP contribution is -2.35. The molecule has 0 saturated carbocycles. The highest BCUT2D eigenvalue weighted by molar-refractivity contribution is 7.80. The van der Waals surface area contributed by atoms with Gasteiger partial charge in [0.2, 0.25) is 0 Å². The monoisotopic (exact) mass is 877 g/mol. The summed E-state index contributed by atoms with van der Waals surface area (Å²) in [6, 6.07) is 11.8. The van der Waals surface area contributed by atoms with E-state index in [4.69, 9.17) is 39.0 Å². The summed E-state index contributed by atoms with van der Waals surface area (Å²) in [5.74, 6) is -0.761. The number of carbonyl (C=O) groups is 2. The molecule has 1 amide bonds. The summed E-state index contributed by atoms with van der Waals surface area (Å²) in [5, 5.41) is 22.4. The zero-order valence-electron chi connectivity index (χ0n) is 30.0. The predicted octanol–water partition coefficient (Wildman–Crippen LogP) is 7.36. The Morgan fingerprint density at radius 1 is 0.780 bits per heavy atom. The van der Waals surface area contributed by atoms with E-state index in [0.717, 1.165) is 21.8 Å². The molecule has 0 spiro atoms. The smallest absolute Gasteiger partial charge is 0.435 e. The molecule has 6 rings (SSSR count). The SMILES string of the molecule is C.COc1ccc(-c2cc(N)n[nH]2)c(F)c1.COc1ccc(-c2cc(NC(=S)NC(=O)c3cn(C)nc3C(F)(F)F)n[nH]2)c(F)c1.Cn1cc(C(=O)Cl)c(C(F)(F)F)n1. The second-order valence-electron chi connectivity index (χ2n) is 11.4. The number of aryl methyl sites for hydroxylation is 2. The minimum Gasteiger partial charge on any atom is -0.497 e. The lowest BCUT2D eigenvalue weighted by molar-refractivity contribution is -0.142. The highest BCUT2D eigenvalue weighted by Gasteiger charge is 2.39. The Bertz CT molecular complexity index is 2430. The third kappa shape index (κ3) is 12.2. The fourth-order valence-corrected chi connectivity index (χ4v) is 5.04. The maximum atomic E-state index is 14.2. The molecular formula is C34H32ClF8N11O4S. The van der Waals surface area contributed by atoms with Crippen molar-refractivity contribution in [3.05, 3.63) is 95.1 Å². The van der Waals surface area contributed by atoms with Crippen LogP contribution in [0.4, 0.5) is 46.8 Å². The van der Waals surface area contributed by atoms with Crippen LogP contribution < -0.4 is 25.8 Å². The molecule has 0 radical (unpaired) electrons. The van der Waals surface area contributed by atoms with Gasteiger partial charge in [-0.15, -0.1) is 0 Å². The highest BCUT2D eigenvalue weighted by Crippen LogP contribution is 2.32. The Morgan fingerprint density at radius 2 is 1.24 bits per heavy atom. The minimum absolute atomic E-state index is 0. The Morgan fingerprint density at radius 3 is 1.64 bits per heavy atom. The summed E-state index contributed by atoms with van der Waals surface area (Å²) in [6.07, 6.45) is -7.60. The van der Waals surface area contributed by atoms with Gasteiger partial charge in [0.25, 0.3) is 11.1 Å². The number of benzene rings is 2. The molecule has 4 aromatic heterocycles. The zero-order chi connectivity index (χ0) is 43.1. The van der Waals surface area contributed by atoms with Crippen molar-refractivity contribution in [3.8, 4) is 34.0 Å². The van der Waals surface area contributed by atoms with Crippen molar-refractivity contribution in [1.29, 1.82) is 0 Å². The third-order valence-electron chi connectivity index (χ3n) is 7.23. The van der Waals surface area contributed by atoms with Crippen molar-refractivity contribution in [2.24, 2.45) is 14.1 Å². The van der Waals surface area contributed by atoms with Crippen molar-refractivity contribution in [2.75, 3.05) is 25.3 Å². The molecule has 6 N–H and O–H groups in total. The van der Waals surface area contributed by atoms with Gasteiger partial charge in [-0.3, -0.25) is 34.5 Å². The van der Waals surface area contributed by atoms with Gasteiger partial charge in [-0.2, -0.15) is 46.7 Å². The number of thiocarbonyl (C=S) groups is 1. The maximum Gasteiger partial charge on any atom is 0.435 e. The number of hydrogen-bond donors (Lipinski definition) is 5. The number of ether oxygens (including phenoxy) is 2. The third-order valence-corrected chi connectivity index (χ3v) is 7.64. The van der Waals surface area contributed by atoms with Crippen molar-refractivity contribution < 1.29 is 54.2 Å². The van der Waals surface area contributed by atoms with E-state index >= 15 is 0 Å². The van der Waals surface area contributed by atoms with E-state index in [1.807, 2.05) is 0 Å². The first-order valence-electron chi connectivity index (χ1n) is 15.7. The van der Waals surface area contributed by atoms with Gasteiger partial charge >= 0.3 is 12.4 Å². The second kappa shape index (κ2) is 19.3. The Kier molecular flexibility index (Phi) is 15.3. The number of hydrogen-bond acceptors (Lipinski definition) is 10. The van der Waals surface area contributed by atoms with Crippen LogP contribution in [0.2, 0.25) is 0 Å². The van der Waals surface area contributed by atoms with Crippen molar-refractivity contribution >= 4 is 51.7 Å². The van der Waals surface area contributed by atoms with Gasteiger partial charge in [0.1, 0.15) is 29.0 Å². The minimum atomic E-state index is -4.80. The number of nitrogens with two attached hydrogens (primary N) is 1. The number of anilines is 2. The van der Waals surface area contributed by atoms with Crippen LogP contribution in [0.1, 0.15) is 39.5 Å². The fraction of sp³-hybridized carbons (Fsp3) is 0.206. The van der Waals surface area contributed by atoms with Crippen LogP contribution in [0.3, 0.4) is 0 Å². The Labute approximate surface area is 338 Å². The van der Waals surface area contributed by atoms with E-state index in [1.165, 1.54) is 52.6 Å². The maximum absolute atomic E-state index is 14.2. The van der Waals surface area contributed by atoms with Crippen LogP contribution in [-0.4, -0.2) is 70.4 Å². The van der Waals surface area contributed by atoms with E-state index in [0.29, 0.717) is 34.3 Å². The number of aromatic nitrogens is 8. The number of H-pyrrole nitrogens is 2. The molecule has 25 heteroatoms. The number of nitrogen functional groups attached to an aromatic ring is 1. The molecule has 316 valence electrons. The molecule has 0 atom stereocenters. The number of nitrogens with zero attached hydrogens (tertiary/aromatic N) is 6. The normalized spacial score (nSPS) is 10.9. The van der Waals surface area contributed by atoms with Gasteiger partial charge in [0.15, 0.2) is 22.3 Å². The first-order valence-corrected chi connectivity index (χ1v) is 16.5. The number of halogens is 9. The number of rotatable bonds is 7. The summed E-state index contributed by atoms with van der Waals surface area (Å²) in [6.45, 7) is 0. The van der Waals surface area contributed by atoms with E-state index in [-0.39, 0.29) is 29.7 Å². The Hall–Kier alpha value is -6.56. The van der Waals surface area contributed by atoms with Crippen LogP contribution in [0, 0.1) is 11.6 Å². The number of amides is 1. The van der Waals surface area contributed by atoms with Gasteiger partial charge in [-0.1, -0.05) is 7.43 Å². The van der Waals surface area contributed by atoms with Crippen LogP contribution in [0.5, 0.6) is 11.5 Å². The number of carbonyl (C=O) groups excluding carboxylic acids is 2. The largest absolute Gasteiger partial charge is 0.497 e. The predicted molar refractivity (Wildman–Crippen MR) is 203 cm³/mol. The number of aromatic amines is 2. The molecule has 0 aliphatic rings. The van der Waals surface area contributed by atoms with Gasteiger partial charge in [0.05, 0.1) is 36.7 Å². The zero-order valence-corrected chi connectivity index (χ0v) is 31.5. The number of methoxy groups -OCH3 is 2. The molecule has 0 bridgehead atoms. The van der Waals surface area contributed by atoms with Gasteiger partial charge < -0.3 is 20.5 Å². The molecule has 0 unspecified atom stereocenters. The van der Waals surface area contributed by atoms with Crippen molar-refractivity contribution in [3.63, 3.8) is 0 Å². The number of alkyl halides is 6. The van der Waals surface area contributed by atoms with Crippen LogP contribution in [0.15, 0.2) is 60.9 Å². The summed E-state index contributed by atoms with van der Waals surface area (Å²) < 4.78 is 115. The van der Waals surface area contributed by atoms with E-state index in [1.54, 1.807) is 24.3 Å². The van der Waals surface area contributed by atoms with Gasteiger partial charge in [-0.25, -0.2) is 8.78 Å². The molecule has 2 aromatic carbocycles. The molecule has 6 aromatic rings.